The highest BCUT2D eigenvalue weighted by molar-refractivity contribution is 6.30. The molecule has 3 rings (SSSR count). The highest BCUT2D eigenvalue weighted by Crippen LogP contribution is 2.31. The Balaban J connectivity index is 1.91. The summed E-state index contributed by atoms with van der Waals surface area (Å²) in [5.41, 5.74) is -0.796. The molecule has 2 heterocycles. The van der Waals surface area contributed by atoms with Crippen molar-refractivity contribution in [2.45, 2.75) is 19.0 Å². The Kier molecular flexibility index (Phi) is 3.77. The van der Waals surface area contributed by atoms with Crippen LogP contribution in [0.4, 0.5) is 9.18 Å². The molecule has 1 atom stereocenters. The fourth-order valence-electron chi connectivity index (χ4n) is 2.55. The van der Waals surface area contributed by atoms with Gasteiger partial charge >= 0.3 is 6.03 Å². The number of halogens is 2. The van der Waals surface area contributed by atoms with Crippen molar-refractivity contribution in [1.82, 2.24) is 15.2 Å². The Labute approximate surface area is 137 Å². The minimum absolute atomic E-state index is 0.00806. The van der Waals surface area contributed by atoms with E-state index in [2.05, 4.69) is 10.3 Å². The standard InChI is InChI=1S/C16H13ClFN3O2/c1-16(12-4-2-3-5-13(12)18)14(22)21(15(23)20-16)9-11-7-6-10(17)8-19-11/h2-8H,9H2,1H3,(H,20,23)/t16-/m0/s1. The van der Waals surface area contributed by atoms with E-state index in [-0.39, 0.29) is 12.1 Å². The lowest BCUT2D eigenvalue weighted by Gasteiger charge is -2.22. The first-order valence-corrected chi connectivity index (χ1v) is 7.29. The number of nitrogens with one attached hydrogen (secondary N) is 1. The van der Waals surface area contributed by atoms with Crippen molar-refractivity contribution in [2.24, 2.45) is 0 Å². The SMILES string of the molecule is C[C@@]1(c2ccccc2F)NC(=O)N(Cc2ccc(Cl)cn2)C1=O. The van der Waals surface area contributed by atoms with Crippen LogP contribution < -0.4 is 5.32 Å². The summed E-state index contributed by atoms with van der Waals surface area (Å²) in [6.07, 6.45) is 1.44. The molecule has 0 unspecified atom stereocenters. The molecule has 2 aromatic rings. The summed E-state index contributed by atoms with van der Waals surface area (Å²) < 4.78 is 14.0. The largest absolute Gasteiger partial charge is 0.325 e. The first-order chi connectivity index (χ1) is 10.9. The molecular weight excluding hydrogens is 321 g/mol. The summed E-state index contributed by atoms with van der Waals surface area (Å²) in [5, 5.41) is 3.02. The van der Waals surface area contributed by atoms with Crippen LogP contribution in [0.25, 0.3) is 0 Å². The summed E-state index contributed by atoms with van der Waals surface area (Å²) in [6, 6.07) is 8.55. The third-order valence-corrected chi connectivity index (χ3v) is 4.02. The van der Waals surface area contributed by atoms with E-state index in [0.29, 0.717) is 10.7 Å². The minimum atomic E-state index is -1.44. The quantitative estimate of drug-likeness (QED) is 0.879. The van der Waals surface area contributed by atoms with Crippen molar-refractivity contribution in [1.29, 1.82) is 0 Å². The Bertz CT molecular complexity index is 781. The first-order valence-electron chi connectivity index (χ1n) is 6.91. The summed E-state index contributed by atoms with van der Waals surface area (Å²) in [6.45, 7) is 1.48. The number of amides is 3. The average molecular weight is 334 g/mol. The van der Waals surface area contributed by atoms with Crippen LogP contribution in [0.1, 0.15) is 18.2 Å². The number of urea groups is 1. The van der Waals surface area contributed by atoms with Gasteiger partial charge in [0.25, 0.3) is 5.91 Å². The molecule has 118 valence electrons. The fraction of sp³-hybridized carbons (Fsp3) is 0.188. The number of carbonyl (C=O) groups excluding carboxylic acids is 2. The number of pyridine rings is 1. The van der Waals surface area contributed by atoms with E-state index in [1.54, 1.807) is 18.2 Å². The van der Waals surface area contributed by atoms with E-state index in [4.69, 9.17) is 11.6 Å². The van der Waals surface area contributed by atoms with Crippen LogP contribution in [0, 0.1) is 5.82 Å². The van der Waals surface area contributed by atoms with Crippen molar-refractivity contribution in [3.05, 3.63) is 64.7 Å². The van der Waals surface area contributed by atoms with Gasteiger partial charge in [-0.1, -0.05) is 29.8 Å². The monoisotopic (exact) mass is 333 g/mol. The zero-order chi connectivity index (χ0) is 16.6. The number of rotatable bonds is 3. The average Bonchev–Trinajstić information content (AvgIpc) is 2.74. The molecule has 7 heteroatoms. The summed E-state index contributed by atoms with van der Waals surface area (Å²) in [7, 11) is 0. The normalized spacial score (nSPS) is 20.7. The number of nitrogens with zero attached hydrogens (tertiary/aromatic N) is 2. The van der Waals surface area contributed by atoms with Gasteiger partial charge in [-0.2, -0.15) is 0 Å². The number of aromatic nitrogens is 1. The van der Waals surface area contributed by atoms with Crippen LogP contribution in [0.2, 0.25) is 5.02 Å². The van der Waals surface area contributed by atoms with Gasteiger partial charge in [0.1, 0.15) is 11.4 Å². The zero-order valence-electron chi connectivity index (χ0n) is 12.2. The maximum atomic E-state index is 14.0. The van der Waals surface area contributed by atoms with Crippen molar-refractivity contribution in [2.75, 3.05) is 0 Å². The second-order valence-corrected chi connectivity index (χ2v) is 5.83. The molecule has 5 nitrogen and oxygen atoms in total. The summed E-state index contributed by atoms with van der Waals surface area (Å²) >= 11 is 5.76. The number of hydrogen-bond donors (Lipinski definition) is 1. The molecule has 1 saturated heterocycles. The third kappa shape index (κ3) is 2.66. The molecule has 0 bridgehead atoms. The smallest absolute Gasteiger partial charge is 0.319 e. The predicted octanol–water partition coefficient (Wildman–Crippen LogP) is 2.84. The van der Waals surface area contributed by atoms with E-state index >= 15 is 0 Å². The van der Waals surface area contributed by atoms with Crippen LogP contribution in [0.15, 0.2) is 42.6 Å². The summed E-state index contributed by atoms with van der Waals surface area (Å²) in [5.74, 6) is -1.07. The molecule has 1 N–H and O–H groups in total. The van der Waals surface area contributed by atoms with Gasteiger partial charge in [0, 0.05) is 11.8 Å². The molecule has 1 aromatic heterocycles. The predicted molar refractivity (Wildman–Crippen MR) is 82.1 cm³/mol. The molecule has 0 spiro atoms. The van der Waals surface area contributed by atoms with Gasteiger partial charge in [-0.05, 0) is 25.1 Å². The lowest BCUT2D eigenvalue weighted by atomic mass is 9.91. The topological polar surface area (TPSA) is 62.3 Å². The van der Waals surface area contributed by atoms with E-state index < -0.39 is 23.3 Å². The Morgan fingerprint density at radius 2 is 2.00 bits per heavy atom. The van der Waals surface area contributed by atoms with Crippen LogP contribution in [0.3, 0.4) is 0 Å². The molecule has 1 aliphatic heterocycles. The van der Waals surface area contributed by atoms with Crippen molar-refractivity contribution < 1.29 is 14.0 Å². The highest BCUT2D eigenvalue weighted by atomic mass is 35.5. The van der Waals surface area contributed by atoms with Crippen LogP contribution in [-0.4, -0.2) is 21.8 Å². The van der Waals surface area contributed by atoms with Gasteiger partial charge in [0.2, 0.25) is 0 Å². The van der Waals surface area contributed by atoms with Crippen molar-refractivity contribution in [3.63, 3.8) is 0 Å². The van der Waals surface area contributed by atoms with Gasteiger partial charge in [-0.15, -0.1) is 0 Å². The molecule has 0 saturated carbocycles. The molecule has 1 aromatic carbocycles. The number of imide groups is 1. The Morgan fingerprint density at radius 3 is 2.65 bits per heavy atom. The molecule has 1 aliphatic rings. The molecule has 1 fully saturated rings. The van der Waals surface area contributed by atoms with Gasteiger partial charge < -0.3 is 5.32 Å². The van der Waals surface area contributed by atoms with E-state index in [0.717, 1.165) is 4.90 Å². The molecule has 0 radical (unpaired) electrons. The number of benzene rings is 1. The second kappa shape index (κ2) is 5.62. The van der Waals surface area contributed by atoms with Crippen molar-refractivity contribution in [3.8, 4) is 0 Å². The first kappa shape index (κ1) is 15.4. The molecule has 23 heavy (non-hydrogen) atoms. The maximum Gasteiger partial charge on any atom is 0.325 e. The second-order valence-electron chi connectivity index (χ2n) is 5.39. The van der Waals surface area contributed by atoms with Crippen LogP contribution in [-0.2, 0) is 16.9 Å². The maximum absolute atomic E-state index is 14.0. The lowest BCUT2D eigenvalue weighted by Crippen LogP contribution is -2.41. The molecular formula is C16H13ClFN3O2. The van der Waals surface area contributed by atoms with Gasteiger partial charge in [0.05, 0.1) is 17.3 Å². The third-order valence-electron chi connectivity index (χ3n) is 3.80. The van der Waals surface area contributed by atoms with Gasteiger partial charge in [-0.25, -0.2) is 9.18 Å². The molecule has 0 aliphatic carbocycles. The van der Waals surface area contributed by atoms with Crippen LogP contribution >= 0.6 is 11.6 Å². The number of hydrogen-bond acceptors (Lipinski definition) is 3. The van der Waals surface area contributed by atoms with E-state index in [9.17, 15) is 14.0 Å². The van der Waals surface area contributed by atoms with E-state index in [1.807, 2.05) is 0 Å². The van der Waals surface area contributed by atoms with Crippen LogP contribution in [0.5, 0.6) is 0 Å². The highest BCUT2D eigenvalue weighted by Gasteiger charge is 2.50. The fourth-order valence-corrected chi connectivity index (χ4v) is 2.66. The molecule has 3 amide bonds. The lowest BCUT2D eigenvalue weighted by molar-refractivity contribution is -0.131. The Hall–Kier alpha value is -2.47. The Morgan fingerprint density at radius 1 is 1.26 bits per heavy atom. The zero-order valence-corrected chi connectivity index (χ0v) is 13.0. The van der Waals surface area contributed by atoms with E-state index in [1.165, 1.54) is 31.3 Å². The summed E-state index contributed by atoms with van der Waals surface area (Å²) in [4.78, 5) is 29.9. The van der Waals surface area contributed by atoms with Gasteiger partial charge in [0.15, 0.2) is 0 Å². The van der Waals surface area contributed by atoms with Gasteiger partial charge in [-0.3, -0.25) is 14.7 Å². The minimum Gasteiger partial charge on any atom is -0.319 e. The number of carbonyl (C=O) groups is 2. The van der Waals surface area contributed by atoms with Crippen molar-refractivity contribution >= 4 is 23.5 Å².